The summed E-state index contributed by atoms with van der Waals surface area (Å²) in [5.74, 6) is 0. The molecule has 1 saturated heterocycles. The van der Waals surface area contributed by atoms with Crippen LogP contribution in [0, 0.1) is 6.92 Å². The number of aryl methyl sites for hydroxylation is 1. The molecule has 0 aromatic carbocycles. The summed E-state index contributed by atoms with van der Waals surface area (Å²) < 4.78 is 0. The summed E-state index contributed by atoms with van der Waals surface area (Å²) in [6.45, 7) is 9.65. The molecule has 2 heterocycles. The second-order valence-corrected chi connectivity index (χ2v) is 7.08. The van der Waals surface area contributed by atoms with Crippen LogP contribution in [0.25, 0.3) is 0 Å². The Morgan fingerprint density at radius 3 is 2.67 bits per heavy atom. The third-order valence-corrected chi connectivity index (χ3v) is 4.78. The summed E-state index contributed by atoms with van der Waals surface area (Å²) in [5, 5.41) is 1.36. The van der Waals surface area contributed by atoms with Crippen molar-refractivity contribution in [2.75, 3.05) is 19.6 Å². The first-order valence-electron chi connectivity index (χ1n) is 6.62. The SMILES string of the molecule is Cc1ccncc1C(CN)N1CC(C)SC(C)C1. The Balaban J connectivity index is 2.20. The molecule has 100 valence electrons. The van der Waals surface area contributed by atoms with Crippen molar-refractivity contribution in [2.45, 2.75) is 37.3 Å². The topological polar surface area (TPSA) is 42.1 Å². The van der Waals surface area contributed by atoms with Crippen LogP contribution in [0.2, 0.25) is 0 Å². The van der Waals surface area contributed by atoms with Crippen molar-refractivity contribution in [1.82, 2.24) is 9.88 Å². The van der Waals surface area contributed by atoms with E-state index in [2.05, 4.69) is 48.5 Å². The van der Waals surface area contributed by atoms with Crippen molar-refractivity contribution >= 4 is 11.8 Å². The monoisotopic (exact) mass is 265 g/mol. The maximum Gasteiger partial charge on any atom is 0.0489 e. The number of nitrogens with two attached hydrogens (primary N) is 1. The third kappa shape index (κ3) is 3.05. The van der Waals surface area contributed by atoms with E-state index in [1.54, 1.807) is 0 Å². The van der Waals surface area contributed by atoms with Gasteiger partial charge in [0, 0.05) is 48.6 Å². The molecule has 0 bridgehead atoms. The first-order chi connectivity index (χ1) is 8.61. The van der Waals surface area contributed by atoms with Gasteiger partial charge in [-0.2, -0.15) is 11.8 Å². The highest BCUT2D eigenvalue weighted by Crippen LogP contribution is 2.31. The minimum Gasteiger partial charge on any atom is -0.329 e. The standard InChI is InChI=1S/C14H23N3S/c1-10-4-5-16-7-13(10)14(6-15)17-8-11(2)18-12(3)9-17/h4-5,7,11-12,14H,6,8-9,15H2,1-3H3. The highest BCUT2D eigenvalue weighted by molar-refractivity contribution is 8.00. The lowest BCUT2D eigenvalue weighted by Gasteiger charge is -2.39. The summed E-state index contributed by atoms with van der Waals surface area (Å²) in [4.78, 5) is 6.78. The summed E-state index contributed by atoms with van der Waals surface area (Å²) in [6, 6.07) is 2.38. The van der Waals surface area contributed by atoms with Crippen LogP contribution >= 0.6 is 11.8 Å². The maximum atomic E-state index is 6.02. The molecule has 4 heteroatoms. The number of nitrogens with zero attached hydrogens (tertiary/aromatic N) is 2. The molecule has 3 atom stereocenters. The van der Waals surface area contributed by atoms with E-state index in [0.29, 0.717) is 23.1 Å². The fourth-order valence-corrected chi connectivity index (χ4v) is 4.12. The Hall–Kier alpha value is -0.580. The minimum absolute atomic E-state index is 0.310. The number of rotatable bonds is 3. The van der Waals surface area contributed by atoms with Gasteiger partial charge in [0.2, 0.25) is 0 Å². The molecular formula is C14H23N3S. The molecule has 0 radical (unpaired) electrons. The van der Waals surface area contributed by atoms with Gasteiger partial charge in [-0.15, -0.1) is 0 Å². The Morgan fingerprint density at radius 2 is 2.11 bits per heavy atom. The molecule has 3 unspecified atom stereocenters. The van der Waals surface area contributed by atoms with Crippen LogP contribution in [0.15, 0.2) is 18.5 Å². The van der Waals surface area contributed by atoms with Gasteiger partial charge in [-0.1, -0.05) is 13.8 Å². The van der Waals surface area contributed by atoms with Gasteiger partial charge in [0.1, 0.15) is 0 Å². The van der Waals surface area contributed by atoms with Gasteiger partial charge in [0.15, 0.2) is 0 Å². The molecule has 0 amide bonds. The largest absolute Gasteiger partial charge is 0.329 e. The zero-order chi connectivity index (χ0) is 13.1. The molecular weight excluding hydrogens is 242 g/mol. The molecule has 0 saturated carbocycles. The van der Waals surface area contributed by atoms with E-state index >= 15 is 0 Å². The quantitative estimate of drug-likeness (QED) is 0.910. The molecule has 0 aliphatic carbocycles. The molecule has 2 rings (SSSR count). The van der Waals surface area contributed by atoms with Gasteiger partial charge in [-0.05, 0) is 24.1 Å². The lowest BCUT2D eigenvalue weighted by Crippen LogP contribution is -2.45. The maximum absolute atomic E-state index is 6.02. The van der Waals surface area contributed by atoms with E-state index in [1.165, 1.54) is 11.1 Å². The van der Waals surface area contributed by atoms with Crippen LogP contribution in [-0.4, -0.2) is 40.0 Å². The number of aromatic nitrogens is 1. The molecule has 0 spiro atoms. The van der Waals surface area contributed by atoms with Crippen LogP contribution in [-0.2, 0) is 0 Å². The van der Waals surface area contributed by atoms with Crippen LogP contribution in [0.4, 0.5) is 0 Å². The van der Waals surface area contributed by atoms with Gasteiger partial charge in [-0.3, -0.25) is 9.88 Å². The van der Waals surface area contributed by atoms with E-state index in [1.807, 2.05) is 12.4 Å². The van der Waals surface area contributed by atoms with Gasteiger partial charge >= 0.3 is 0 Å². The Kier molecular flexibility index (Phi) is 4.65. The van der Waals surface area contributed by atoms with Crippen molar-refractivity contribution in [1.29, 1.82) is 0 Å². The number of hydrogen-bond acceptors (Lipinski definition) is 4. The summed E-state index contributed by atoms with van der Waals surface area (Å²) in [6.07, 6.45) is 3.83. The summed E-state index contributed by atoms with van der Waals surface area (Å²) in [7, 11) is 0. The third-order valence-electron chi connectivity index (χ3n) is 3.55. The van der Waals surface area contributed by atoms with Crippen molar-refractivity contribution in [3.8, 4) is 0 Å². The second kappa shape index (κ2) is 6.04. The fraction of sp³-hybridized carbons (Fsp3) is 0.643. The van der Waals surface area contributed by atoms with Crippen LogP contribution in [0.1, 0.15) is 31.0 Å². The molecule has 2 N–H and O–H groups in total. The lowest BCUT2D eigenvalue weighted by molar-refractivity contribution is 0.198. The van der Waals surface area contributed by atoms with E-state index in [9.17, 15) is 0 Å². The Labute approximate surface area is 114 Å². The molecule has 1 aliphatic heterocycles. The van der Waals surface area contributed by atoms with Crippen LogP contribution < -0.4 is 5.73 Å². The highest BCUT2D eigenvalue weighted by atomic mass is 32.2. The number of thioether (sulfide) groups is 1. The second-order valence-electron chi connectivity index (χ2n) is 5.19. The summed E-state index contributed by atoms with van der Waals surface area (Å²) in [5.41, 5.74) is 8.59. The minimum atomic E-state index is 0.310. The van der Waals surface area contributed by atoms with Crippen molar-refractivity contribution in [3.63, 3.8) is 0 Å². The predicted molar refractivity (Wildman–Crippen MR) is 78.9 cm³/mol. The normalized spacial score (nSPS) is 27.1. The Morgan fingerprint density at radius 1 is 1.44 bits per heavy atom. The van der Waals surface area contributed by atoms with Crippen LogP contribution in [0.3, 0.4) is 0 Å². The summed E-state index contributed by atoms with van der Waals surface area (Å²) >= 11 is 2.07. The van der Waals surface area contributed by atoms with E-state index in [-0.39, 0.29) is 0 Å². The van der Waals surface area contributed by atoms with E-state index in [0.717, 1.165) is 13.1 Å². The molecule has 18 heavy (non-hydrogen) atoms. The van der Waals surface area contributed by atoms with Crippen LogP contribution in [0.5, 0.6) is 0 Å². The molecule has 1 fully saturated rings. The van der Waals surface area contributed by atoms with Gasteiger partial charge in [0.05, 0.1) is 0 Å². The predicted octanol–water partition coefficient (Wildman–Crippen LogP) is 2.22. The molecule has 1 aliphatic rings. The molecule has 1 aromatic heterocycles. The highest BCUT2D eigenvalue weighted by Gasteiger charge is 2.28. The lowest BCUT2D eigenvalue weighted by atomic mass is 10.0. The van der Waals surface area contributed by atoms with E-state index < -0.39 is 0 Å². The van der Waals surface area contributed by atoms with Crippen molar-refractivity contribution < 1.29 is 0 Å². The number of pyridine rings is 1. The fourth-order valence-electron chi connectivity index (χ4n) is 2.77. The zero-order valence-corrected chi connectivity index (χ0v) is 12.3. The van der Waals surface area contributed by atoms with Crippen molar-refractivity contribution in [3.05, 3.63) is 29.6 Å². The molecule has 1 aromatic rings. The zero-order valence-electron chi connectivity index (χ0n) is 11.5. The average Bonchev–Trinajstić information content (AvgIpc) is 2.31. The molecule has 3 nitrogen and oxygen atoms in total. The first kappa shape index (κ1) is 13.8. The number of hydrogen-bond donors (Lipinski definition) is 1. The first-order valence-corrected chi connectivity index (χ1v) is 7.56. The Bertz CT molecular complexity index is 386. The van der Waals surface area contributed by atoms with Crippen molar-refractivity contribution in [2.24, 2.45) is 5.73 Å². The average molecular weight is 265 g/mol. The smallest absolute Gasteiger partial charge is 0.0489 e. The van der Waals surface area contributed by atoms with Gasteiger partial charge < -0.3 is 5.73 Å². The van der Waals surface area contributed by atoms with E-state index in [4.69, 9.17) is 5.73 Å². The van der Waals surface area contributed by atoms with Gasteiger partial charge in [0.25, 0.3) is 0 Å². The van der Waals surface area contributed by atoms with Gasteiger partial charge in [-0.25, -0.2) is 0 Å².